The molecule has 0 fully saturated rings. The molecule has 0 unspecified atom stereocenters. The van der Waals surface area contributed by atoms with Crippen LogP contribution in [0.2, 0.25) is 0 Å². The van der Waals surface area contributed by atoms with Gasteiger partial charge in [-0.15, -0.1) is 11.3 Å². The van der Waals surface area contributed by atoms with E-state index in [1.807, 2.05) is 11.3 Å². The van der Waals surface area contributed by atoms with E-state index in [1.54, 1.807) is 0 Å². The molecule has 0 amide bonds. The predicted molar refractivity (Wildman–Crippen MR) is 200 cm³/mol. The van der Waals surface area contributed by atoms with Crippen molar-refractivity contribution in [3.63, 3.8) is 0 Å². The van der Waals surface area contributed by atoms with Crippen LogP contribution in [0.5, 0.6) is 0 Å². The Morgan fingerprint density at radius 3 is 1.33 bits per heavy atom. The monoisotopic (exact) mass is 603 g/mol. The van der Waals surface area contributed by atoms with Gasteiger partial charge in [0.1, 0.15) is 0 Å². The van der Waals surface area contributed by atoms with Crippen LogP contribution in [0.25, 0.3) is 64.0 Å². The van der Waals surface area contributed by atoms with Crippen LogP contribution in [0.4, 0.5) is 17.1 Å². The van der Waals surface area contributed by atoms with Crippen LogP contribution in [-0.2, 0) is 0 Å². The van der Waals surface area contributed by atoms with Crippen molar-refractivity contribution in [2.45, 2.75) is 0 Å². The molecule has 0 aliphatic rings. The predicted octanol–water partition coefficient (Wildman–Crippen LogP) is 13.2. The molecule has 1 heterocycles. The molecule has 0 spiro atoms. The maximum absolute atomic E-state index is 2.38. The van der Waals surface area contributed by atoms with Crippen LogP contribution in [0, 0.1) is 0 Å². The standard InChI is InChI=1S/C44H29NS/c1-3-11-30(12-4-1)32-19-23-34(24-20-32)45(35-25-21-33(22-26-35)31-13-5-2-6-14-31)36-27-28-41-42(29-36)46-44-40-18-10-8-16-38(40)37-15-7-9-17-39(37)43(41)44/h1-29H. The molecular weight excluding hydrogens is 575 g/mol. The SMILES string of the molecule is c1ccc(-c2ccc(N(c3ccc(-c4ccccc4)cc3)c3ccc4c(c3)sc3c5ccccc5c5ccccc5c43)cc2)cc1. The third-order valence-corrected chi connectivity index (χ3v) is 10.2. The first-order chi connectivity index (χ1) is 22.8. The summed E-state index contributed by atoms with van der Waals surface area (Å²) in [7, 11) is 0. The lowest BCUT2D eigenvalue weighted by molar-refractivity contribution is 1.29. The fourth-order valence-electron chi connectivity index (χ4n) is 6.85. The summed E-state index contributed by atoms with van der Waals surface area (Å²) in [6.07, 6.45) is 0. The Balaban J connectivity index is 1.22. The van der Waals surface area contributed by atoms with Crippen LogP contribution in [0.15, 0.2) is 176 Å². The van der Waals surface area contributed by atoms with Gasteiger partial charge in [-0.25, -0.2) is 0 Å². The molecule has 9 aromatic rings. The maximum Gasteiger partial charge on any atom is 0.0476 e. The zero-order valence-corrected chi connectivity index (χ0v) is 25.9. The van der Waals surface area contributed by atoms with Crippen molar-refractivity contribution in [1.82, 2.24) is 0 Å². The summed E-state index contributed by atoms with van der Waals surface area (Å²) in [5.74, 6) is 0. The van der Waals surface area contributed by atoms with E-state index in [0.29, 0.717) is 0 Å². The van der Waals surface area contributed by atoms with E-state index in [0.717, 1.165) is 17.1 Å². The van der Waals surface area contributed by atoms with Crippen LogP contribution in [0.3, 0.4) is 0 Å². The summed E-state index contributed by atoms with van der Waals surface area (Å²) >= 11 is 1.90. The molecule has 0 saturated heterocycles. The number of rotatable bonds is 5. The van der Waals surface area contributed by atoms with Gasteiger partial charge in [0, 0.05) is 42.6 Å². The first-order valence-electron chi connectivity index (χ1n) is 15.7. The molecule has 0 atom stereocenters. The molecular formula is C44H29NS. The van der Waals surface area contributed by atoms with Gasteiger partial charge < -0.3 is 4.90 Å². The highest BCUT2D eigenvalue weighted by Crippen LogP contribution is 2.46. The number of anilines is 3. The minimum absolute atomic E-state index is 1.13. The third-order valence-electron chi connectivity index (χ3n) is 9.06. The van der Waals surface area contributed by atoms with E-state index >= 15 is 0 Å². The lowest BCUT2D eigenvalue weighted by Gasteiger charge is -2.26. The molecule has 2 heteroatoms. The van der Waals surface area contributed by atoms with Crippen molar-refractivity contribution in [3.05, 3.63) is 176 Å². The molecule has 46 heavy (non-hydrogen) atoms. The van der Waals surface area contributed by atoms with Gasteiger partial charge in [-0.05, 0) is 74.8 Å². The Morgan fingerprint density at radius 2 is 0.761 bits per heavy atom. The number of hydrogen-bond donors (Lipinski definition) is 0. The number of nitrogens with zero attached hydrogens (tertiary/aromatic N) is 1. The largest absolute Gasteiger partial charge is 0.310 e. The molecule has 0 aliphatic carbocycles. The summed E-state index contributed by atoms with van der Waals surface area (Å²) in [6.45, 7) is 0. The summed E-state index contributed by atoms with van der Waals surface area (Å²) in [5, 5.41) is 7.93. The average Bonchev–Trinajstić information content (AvgIpc) is 3.53. The number of benzene rings is 8. The normalized spacial score (nSPS) is 11.5. The smallest absolute Gasteiger partial charge is 0.0476 e. The van der Waals surface area contributed by atoms with Crippen LogP contribution in [-0.4, -0.2) is 0 Å². The first kappa shape index (κ1) is 26.7. The minimum Gasteiger partial charge on any atom is -0.310 e. The number of hydrogen-bond acceptors (Lipinski definition) is 2. The van der Waals surface area contributed by atoms with Gasteiger partial charge in [0.2, 0.25) is 0 Å². The molecule has 0 radical (unpaired) electrons. The second-order valence-corrected chi connectivity index (χ2v) is 12.8. The number of thiophene rings is 1. The Morgan fingerprint density at radius 1 is 0.326 bits per heavy atom. The first-order valence-corrected chi connectivity index (χ1v) is 16.5. The second-order valence-electron chi connectivity index (χ2n) is 11.7. The zero-order valence-electron chi connectivity index (χ0n) is 25.1. The molecule has 216 valence electrons. The minimum atomic E-state index is 1.13. The highest BCUT2D eigenvalue weighted by molar-refractivity contribution is 7.27. The van der Waals surface area contributed by atoms with Crippen molar-refractivity contribution in [2.75, 3.05) is 4.90 Å². The fourth-order valence-corrected chi connectivity index (χ4v) is 8.14. The maximum atomic E-state index is 2.38. The topological polar surface area (TPSA) is 3.24 Å². The highest BCUT2D eigenvalue weighted by atomic mass is 32.1. The van der Waals surface area contributed by atoms with E-state index < -0.39 is 0 Å². The van der Waals surface area contributed by atoms with Crippen LogP contribution < -0.4 is 4.90 Å². The molecule has 1 aromatic heterocycles. The van der Waals surface area contributed by atoms with Gasteiger partial charge in [-0.1, -0.05) is 140 Å². The van der Waals surface area contributed by atoms with Crippen molar-refractivity contribution in [1.29, 1.82) is 0 Å². The zero-order chi connectivity index (χ0) is 30.5. The lowest BCUT2D eigenvalue weighted by Crippen LogP contribution is -2.09. The van der Waals surface area contributed by atoms with Crippen molar-refractivity contribution in [3.8, 4) is 22.3 Å². The molecule has 9 rings (SSSR count). The van der Waals surface area contributed by atoms with Crippen LogP contribution >= 0.6 is 11.3 Å². The van der Waals surface area contributed by atoms with Crippen molar-refractivity contribution in [2.24, 2.45) is 0 Å². The Labute approximate surface area is 272 Å². The van der Waals surface area contributed by atoms with Gasteiger partial charge in [0.05, 0.1) is 0 Å². The van der Waals surface area contributed by atoms with E-state index in [1.165, 1.54) is 64.0 Å². The molecule has 0 saturated carbocycles. The van der Waals surface area contributed by atoms with Gasteiger partial charge in [0.15, 0.2) is 0 Å². The molecule has 0 N–H and O–H groups in total. The fraction of sp³-hybridized carbons (Fsp3) is 0. The van der Waals surface area contributed by atoms with E-state index in [2.05, 4.69) is 181 Å². The van der Waals surface area contributed by atoms with E-state index in [4.69, 9.17) is 0 Å². The average molecular weight is 604 g/mol. The molecule has 1 nitrogen and oxygen atoms in total. The second kappa shape index (κ2) is 11.0. The molecule has 0 bridgehead atoms. The summed E-state index contributed by atoms with van der Waals surface area (Å²) in [4.78, 5) is 2.38. The third kappa shape index (κ3) is 4.46. The molecule has 0 aliphatic heterocycles. The highest BCUT2D eigenvalue weighted by Gasteiger charge is 2.18. The van der Waals surface area contributed by atoms with Gasteiger partial charge >= 0.3 is 0 Å². The summed E-state index contributed by atoms with van der Waals surface area (Å²) in [5.41, 5.74) is 8.27. The van der Waals surface area contributed by atoms with Gasteiger partial charge in [-0.3, -0.25) is 0 Å². The van der Waals surface area contributed by atoms with Crippen molar-refractivity contribution >= 4 is 70.1 Å². The Bertz CT molecular complexity index is 2410. The quantitative estimate of drug-likeness (QED) is 0.177. The van der Waals surface area contributed by atoms with Crippen LogP contribution in [0.1, 0.15) is 0 Å². The van der Waals surface area contributed by atoms with Gasteiger partial charge in [-0.2, -0.15) is 0 Å². The lowest BCUT2D eigenvalue weighted by atomic mass is 9.97. The summed E-state index contributed by atoms with van der Waals surface area (Å²) < 4.78 is 2.65. The Hall–Kier alpha value is -5.70. The molecule has 8 aromatic carbocycles. The van der Waals surface area contributed by atoms with Gasteiger partial charge in [0.25, 0.3) is 0 Å². The van der Waals surface area contributed by atoms with E-state index in [-0.39, 0.29) is 0 Å². The number of fused-ring (bicyclic) bond motifs is 8. The Kier molecular flexibility index (Phi) is 6.40. The summed E-state index contributed by atoms with van der Waals surface area (Å²) in [6, 6.07) is 63.7. The van der Waals surface area contributed by atoms with E-state index in [9.17, 15) is 0 Å². The van der Waals surface area contributed by atoms with Crippen molar-refractivity contribution < 1.29 is 0 Å².